The van der Waals surface area contributed by atoms with Gasteiger partial charge in [0.2, 0.25) is 5.78 Å². The fourth-order valence-corrected chi connectivity index (χ4v) is 3.63. The predicted molar refractivity (Wildman–Crippen MR) is 120 cm³/mol. The maximum atomic E-state index is 13.5. The lowest BCUT2D eigenvalue weighted by Crippen LogP contribution is -2.07. The number of methoxy groups -OCH3 is 2. The highest BCUT2D eigenvalue weighted by Crippen LogP contribution is 2.36. The van der Waals surface area contributed by atoms with Gasteiger partial charge in [-0.1, -0.05) is 40.2 Å². The molecule has 0 atom stereocenters. The third kappa shape index (κ3) is 3.62. The highest BCUT2D eigenvalue weighted by atomic mass is 79.9. The second-order valence-corrected chi connectivity index (χ2v) is 7.44. The summed E-state index contributed by atoms with van der Waals surface area (Å²) in [4.78, 5) is 13.5. The van der Waals surface area contributed by atoms with E-state index in [1.54, 1.807) is 37.2 Å². The number of carbonyl (C=O) groups is 1. The summed E-state index contributed by atoms with van der Waals surface area (Å²) < 4.78 is 13.7. The molecule has 5 nitrogen and oxygen atoms in total. The third-order valence-electron chi connectivity index (χ3n) is 4.80. The molecule has 150 valence electrons. The Morgan fingerprint density at radius 2 is 1.47 bits per heavy atom. The smallest absolute Gasteiger partial charge is 0.200 e. The lowest BCUT2D eigenvalue weighted by atomic mass is 9.98. The number of hydrogen-bond acceptors (Lipinski definition) is 4. The maximum Gasteiger partial charge on any atom is 0.200 e. The minimum Gasteiger partial charge on any atom is -0.496 e. The van der Waals surface area contributed by atoms with Gasteiger partial charge in [-0.3, -0.25) is 4.79 Å². The second kappa shape index (κ2) is 8.55. The van der Waals surface area contributed by atoms with E-state index in [-0.39, 0.29) is 5.78 Å². The van der Waals surface area contributed by atoms with Gasteiger partial charge < -0.3 is 9.47 Å². The fourth-order valence-electron chi connectivity index (χ4n) is 3.37. The Bertz CT molecular complexity index is 1200. The first-order valence-corrected chi connectivity index (χ1v) is 10.1. The van der Waals surface area contributed by atoms with Gasteiger partial charge >= 0.3 is 0 Å². The summed E-state index contributed by atoms with van der Waals surface area (Å²) in [5, 5.41) is 4.55. The van der Waals surface area contributed by atoms with Gasteiger partial charge in [-0.25, -0.2) is 4.68 Å². The van der Waals surface area contributed by atoms with Crippen LogP contribution in [0.15, 0.2) is 83.5 Å². The Hall–Kier alpha value is -3.38. The average Bonchev–Trinajstić information content (AvgIpc) is 3.23. The Morgan fingerprint density at radius 3 is 2.17 bits per heavy atom. The molecule has 0 aliphatic carbocycles. The van der Waals surface area contributed by atoms with Crippen molar-refractivity contribution < 1.29 is 14.3 Å². The molecule has 6 heteroatoms. The van der Waals surface area contributed by atoms with Crippen LogP contribution in [-0.4, -0.2) is 29.8 Å². The quantitative estimate of drug-likeness (QED) is 0.352. The van der Waals surface area contributed by atoms with E-state index in [4.69, 9.17) is 9.47 Å². The van der Waals surface area contributed by atoms with Crippen molar-refractivity contribution in [1.29, 1.82) is 0 Å². The van der Waals surface area contributed by atoms with Crippen molar-refractivity contribution in [3.05, 3.63) is 94.6 Å². The highest BCUT2D eigenvalue weighted by Gasteiger charge is 2.25. The van der Waals surface area contributed by atoms with Crippen LogP contribution in [0, 0.1) is 0 Å². The molecule has 1 aromatic heterocycles. The fraction of sp³-hybridized carbons (Fsp3) is 0.0833. The minimum atomic E-state index is -0.170. The molecule has 4 aromatic rings. The zero-order valence-electron chi connectivity index (χ0n) is 16.5. The Balaban J connectivity index is 1.96. The number of ketones is 1. The molecule has 0 spiro atoms. The topological polar surface area (TPSA) is 53.3 Å². The van der Waals surface area contributed by atoms with Crippen LogP contribution < -0.4 is 9.47 Å². The van der Waals surface area contributed by atoms with Gasteiger partial charge in [0.1, 0.15) is 11.5 Å². The minimum absolute atomic E-state index is 0.170. The van der Waals surface area contributed by atoms with Crippen LogP contribution >= 0.6 is 15.9 Å². The van der Waals surface area contributed by atoms with Crippen molar-refractivity contribution in [2.45, 2.75) is 0 Å². The van der Waals surface area contributed by atoms with Crippen LogP contribution in [0.3, 0.4) is 0 Å². The van der Waals surface area contributed by atoms with Crippen LogP contribution in [0.4, 0.5) is 0 Å². The number of ether oxygens (including phenoxy) is 2. The van der Waals surface area contributed by atoms with E-state index in [9.17, 15) is 4.79 Å². The number of aromatic nitrogens is 2. The summed E-state index contributed by atoms with van der Waals surface area (Å²) in [5.74, 6) is 1.01. The van der Waals surface area contributed by atoms with Gasteiger partial charge in [0, 0.05) is 10.0 Å². The molecule has 0 aliphatic heterocycles. The summed E-state index contributed by atoms with van der Waals surface area (Å²) in [6, 6.07) is 22.5. The first-order valence-electron chi connectivity index (χ1n) is 9.29. The zero-order chi connectivity index (χ0) is 21.1. The molecular formula is C24H19BrN2O3. The third-order valence-corrected chi connectivity index (χ3v) is 5.33. The monoisotopic (exact) mass is 462 g/mol. The van der Waals surface area contributed by atoms with Gasteiger partial charge in [0.25, 0.3) is 0 Å². The molecule has 0 amide bonds. The largest absolute Gasteiger partial charge is 0.496 e. The van der Waals surface area contributed by atoms with Crippen molar-refractivity contribution in [2.24, 2.45) is 0 Å². The van der Waals surface area contributed by atoms with Crippen LogP contribution in [0.5, 0.6) is 11.5 Å². The molecule has 1 heterocycles. The highest BCUT2D eigenvalue weighted by molar-refractivity contribution is 9.10. The van der Waals surface area contributed by atoms with E-state index in [1.165, 1.54) is 0 Å². The molecule has 3 aromatic carbocycles. The molecule has 0 saturated heterocycles. The van der Waals surface area contributed by atoms with Crippen molar-refractivity contribution in [1.82, 2.24) is 9.78 Å². The lowest BCUT2D eigenvalue weighted by Gasteiger charge is -2.14. The lowest BCUT2D eigenvalue weighted by molar-refractivity contribution is 0.103. The molecular weight excluding hydrogens is 444 g/mol. The van der Waals surface area contributed by atoms with E-state index >= 15 is 0 Å². The van der Waals surface area contributed by atoms with Gasteiger partial charge in [0.15, 0.2) is 0 Å². The summed E-state index contributed by atoms with van der Waals surface area (Å²) in [6.45, 7) is 0. The summed E-state index contributed by atoms with van der Waals surface area (Å²) in [7, 11) is 3.17. The van der Waals surface area contributed by atoms with E-state index < -0.39 is 0 Å². The zero-order valence-corrected chi connectivity index (χ0v) is 18.1. The molecule has 0 N–H and O–H groups in total. The number of halogens is 1. The molecule has 0 saturated carbocycles. The normalized spacial score (nSPS) is 10.6. The number of hydrogen-bond donors (Lipinski definition) is 0. The van der Waals surface area contributed by atoms with E-state index in [0.717, 1.165) is 15.7 Å². The first kappa shape index (κ1) is 19.9. The van der Waals surface area contributed by atoms with Gasteiger partial charge in [0.05, 0.1) is 42.9 Å². The first-order chi connectivity index (χ1) is 14.6. The van der Waals surface area contributed by atoms with Crippen molar-refractivity contribution in [2.75, 3.05) is 14.2 Å². The van der Waals surface area contributed by atoms with Crippen LogP contribution in [0.1, 0.15) is 15.9 Å². The predicted octanol–water partition coefficient (Wildman–Crippen LogP) is 5.55. The summed E-state index contributed by atoms with van der Waals surface area (Å²) >= 11 is 3.46. The maximum absolute atomic E-state index is 13.5. The van der Waals surface area contributed by atoms with E-state index in [1.807, 2.05) is 60.7 Å². The van der Waals surface area contributed by atoms with Gasteiger partial charge in [-0.2, -0.15) is 5.10 Å². The Kier molecular flexibility index (Phi) is 5.68. The second-order valence-electron chi connectivity index (χ2n) is 6.52. The molecule has 0 aliphatic rings. The standard InChI is InChI=1S/C24H19BrN2O3/c1-29-21-9-5-3-7-18(21)23-20(24(28)19-8-4-6-10-22(19)30-2)15-26-27(23)17-13-11-16(25)12-14-17/h3-15H,1-2H3. The molecule has 30 heavy (non-hydrogen) atoms. The van der Waals surface area contributed by atoms with Crippen LogP contribution in [0.2, 0.25) is 0 Å². The molecule has 0 radical (unpaired) electrons. The van der Waals surface area contributed by atoms with Gasteiger partial charge in [-0.05, 0) is 48.5 Å². The number of para-hydroxylation sites is 2. The van der Waals surface area contributed by atoms with Crippen molar-refractivity contribution >= 4 is 21.7 Å². The number of benzene rings is 3. The van der Waals surface area contributed by atoms with Gasteiger partial charge in [-0.15, -0.1) is 0 Å². The van der Waals surface area contributed by atoms with Crippen molar-refractivity contribution in [3.8, 4) is 28.4 Å². The molecule has 0 bridgehead atoms. The molecule has 0 fully saturated rings. The Labute approximate surface area is 183 Å². The van der Waals surface area contributed by atoms with Crippen LogP contribution in [-0.2, 0) is 0 Å². The summed E-state index contributed by atoms with van der Waals surface area (Å²) in [6.07, 6.45) is 1.60. The Morgan fingerprint density at radius 1 is 0.833 bits per heavy atom. The van der Waals surface area contributed by atoms with E-state index in [2.05, 4.69) is 21.0 Å². The number of nitrogens with zero attached hydrogens (tertiary/aromatic N) is 2. The molecule has 0 unspecified atom stereocenters. The van der Waals surface area contributed by atoms with E-state index in [0.29, 0.717) is 28.3 Å². The average molecular weight is 463 g/mol. The summed E-state index contributed by atoms with van der Waals surface area (Å²) in [5.41, 5.74) is 3.21. The molecule has 4 rings (SSSR count). The number of carbonyl (C=O) groups excluding carboxylic acids is 1. The number of rotatable bonds is 6. The van der Waals surface area contributed by atoms with Crippen molar-refractivity contribution in [3.63, 3.8) is 0 Å². The van der Waals surface area contributed by atoms with Crippen LogP contribution in [0.25, 0.3) is 16.9 Å². The SMILES string of the molecule is COc1ccccc1C(=O)c1cnn(-c2ccc(Br)cc2)c1-c1ccccc1OC.